The predicted molar refractivity (Wildman–Crippen MR) is 117 cm³/mol. The lowest BCUT2D eigenvalue weighted by Gasteiger charge is -2.14. The molecule has 4 nitrogen and oxygen atoms in total. The van der Waals surface area contributed by atoms with E-state index in [-0.39, 0.29) is 5.91 Å². The van der Waals surface area contributed by atoms with Crippen molar-refractivity contribution in [2.75, 3.05) is 19.1 Å². The van der Waals surface area contributed by atoms with Crippen LogP contribution in [-0.4, -0.2) is 24.4 Å². The number of thiocarbonyl (C=S) groups is 1. The second-order valence-electron chi connectivity index (χ2n) is 5.23. The van der Waals surface area contributed by atoms with E-state index in [0.29, 0.717) is 20.7 Å². The van der Waals surface area contributed by atoms with Gasteiger partial charge in [0.2, 0.25) is 0 Å². The summed E-state index contributed by atoms with van der Waals surface area (Å²) in [5, 5.41) is 0. The summed E-state index contributed by atoms with van der Waals surface area (Å²) in [6.45, 7) is 0. The van der Waals surface area contributed by atoms with Gasteiger partial charge >= 0.3 is 0 Å². The Bertz CT molecular complexity index is 913. The molecule has 0 aromatic heterocycles. The van der Waals surface area contributed by atoms with E-state index in [0.717, 1.165) is 20.2 Å². The van der Waals surface area contributed by atoms with E-state index in [1.54, 1.807) is 20.3 Å². The monoisotopic (exact) mass is 513 g/mol. The number of hydrogen-bond donors (Lipinski definition) is 0. The Morgan fingerprint density at radius 2 is 1.81 bits per heavy atom. The van der Waals surface area contributed by atoms with E-state index in [1.807, 2.05) is 36.4 Å². The van der Waals surface area contributed by atoms with Crippen LogP contribution in [0.25, 0.3) is 6.08 Å². The Labute approximate surface area is 177 Å². The highest BCUT2D eigenvalue weighted by molar-refractivity contribution is 9.10. The fraction of sp³-hybridized carbons (Fsp3) is 0.111. The first-order chi connectivity index (χ1) is 12.4. The van der Waals surface area contributed by atoms with E-state index in [1.165, 1.54) is 16.7 Å². The molecule has 2 aromatic carbocycles. The lowest BCUT2D eigenvalue weighted by Crippen LogP contribution is -2.27. The van der Waals surface area contributed by atoms with E-state index < -0.39 is 0 Å². The molecule has 26 heavy (non-hydrogen) atoms. The minimum Gasteiger partial charge on any atom is -0.493 e. The van der Waals surface area contributed by atoms with Gasteiger partial charge in [0.25, 0.3) is 5.91 Å². The van der Waals surface area contributed by atoms with Crippen LogP contribution in [0.15, 0.2) is 50.2 Å². The Kier molecular flexibility index (Phi) is 6.06. The van der Waals surface area contributed by atoms with Gasteiger partial charge in [-0.1, -0.05) is 39.9 Å². The number of rotatable bonds is 4. The van der Waals surface area contributed by atoms with Crippen LogP contribution in [0.2, 0.25) is 0 Å². The quantitative estimate of drug-likeness (QED) is 0.390. The molecule has 0 unspecified atom stereocenters. The zero-order valence-electron chi connectivity index (χ0n) is 13.8. The molecule has 0 saturated carbocycles. The maximum absolute atomic E-state index is 12.8. The molecule has 1 fully saturated rings. The van der Waals surface area contributed by atoms with Gasteiger partial charge < -0.3 is 9.47 Å². The number of hydrogen-bond acceptors (Lipinski definition) is 5. The third-order valence-electron chi connectivity index (χ3n) is 3.63. The summed E-state index contributed by atoms with van der Waals surface area (Å²) in [4.78, 5) is 14.9. The smallest absolute Gasteiger partial charge is 0.270 e. The van der Waals surface area contributed by atoms with Gasteiger partial charge in [-0.3, -0.25) is 9.69 Å². The van der Waals surface area contributed by atoms with E-state index >= 15 is 0 Å². The molecular weight excluding hydrogens is 502 g/mol. The number of benzene rings is 2. The van der Waals surface area contributed by atoms with Crippen molar-refractivity contribution in [3.63, 3.8) is 0 Å². The average molecular weight is 515 g/mol. The van der Waals surface area contributed by atoms with Gasteiger partial charge in [-0.2, -0.15) is 0 Å². The summed E-state index contributed by atoms with van der Waals surface area (Å²) in [6, 6.07) is 11.1. The molecule has 0 N–H and O–H groups in total. The Morgan fingerprint density at radius 3 is 2.42 bits per heavy atom. The van der Waals surface area contributed by atoms with Crippen LogP contribution in [0.3, 0.4) is 0 Å². The summed E-state index contributed by atoms with van der Waals surface area (Å²) >= 11 is 13.5. The maximum atomic E-state index is 12.8. The van der Waals surface area contributed by atoms with Crippen LogP contribution >= 0.6 is 55.8 Å². The number of halogens is 2. The summed E-state index contributed by atoms with van der Waals surface area (Å²) in [6.07, 6.45) is 1.80. The normalized spacial score (nSPS) is 15.7. The highest BCUT2D eigenvalue weighted by Gasteiger charge is 2.33. The zero-order chi connectivity index (χ0) is 18.8. The fourth-order valence-electron chi connectivity index (χ4n) is 2.45. The SMILES string of the molecule is COc1cc(/C=C2/SC(=S)N(c3ccc(Br)cc3)C2=O)cc(Br)c1OC. The molecule has 8 heteroatoms. The third kappa shape index (κ3) is 3.83. The fourth-order valence-corrected chi connectivity index (χ4v) is 4.64. The first-order valence-corrected chi connectivity index (χ1v) is 10.2. The third-order valence-corrected chi connectivity index (χ3v) is 6.05. The molecule has 0 spiro atoms. The maximum Gasteiger partial charge on any atom is 0.270 e. The number of amides is 1. The van der Waals surface area contributed by atoms with Gasteiger partial charge in [0.15, 0.2) is 15.8 Å². The van der Waals surface area contributed by atoms with Crippen molar-refractivity contribution in [1.82, 2.24) is 0 Å². The number of nitrogens with zero attached hydrogens (tertiary/aromatic N) is 1. The topological polar surface area (TPSA) is 38.8 Å². The van der Waals surface area contributed by atoms with Gasteiger partial charge in [-0.25, -0.2) is 0 Å². The second-order valence-corrected chi connectivity index (χ2v) is 8.68. The summed E-state index contributed by atoms with van der Waals surface area (Å²) < 4.78 is 12.9. The van der Waals surface area contributed by atoms with E-state index in [4.69, 9.17) is 21.7 Å². The van der Waals surface area contributed by atoms with Crippen LogP contribution in [0.5, 0.6) is 11.5 Å². The molecule has 0 radical (unpaired) electrons. The van der Waals surface area contributed by atoms with Gasteiger partial charge in [0, 0.05) is 4.47 Å². The highest BCUT2D eigenvalue weighted by Crippen LogP contribution is 2.40. The van der Waals surface area contributed by atoms with Crippen LogP contribution in [0.1, 0.15) is 5.56 Å². The van der Waals surface area contributed by atoms with E-state index in [9.17, 15) is 4.79 Å². The Balaban J connectivity index is 1.95. The van der Waals surface area contributed by atoms with Crippen LogP contribution < -0.4 is 14.4 Å². The van der Waals surface area contributed by atoms with Crippen LogP contribution in [-0.2, 0) is 4.79 Å². The van der Waals surface area contributed by atoms with Crippen molar-refractivity contribution in [2.24, 2.45) is 0 Å². The number of ether oxygens (including phenoxy) is 2. The summed E-state index contributed by atoms with van der Waals surface area (Å²) in [5.74, 6) is 1.04. The van der Waals surface area contributed by atoms with Crippen molar-refractivity contribution in [3.05, 3.63) is 55.8 Å². The molecule has 1 aliphatic rings. The minimum atomic E-state index is -0.145. The Hall–Kier alpha value is -1.35. The van der Waals surface area contributed by atoms with Gasteiger partial charge in [0.05, 0.1) is 29.3 Å². The molecule has 134 valence electrons. The van der Waals surface area contributed by atoms with Gasteiger partial charge in [-0.05, 0) is 64.0 Å². The van der Waals surface area contributed by atoms with E-state index in [2.05, 4.69) is 31.9 Å². The summed E-state index contributed by atoms with van der Waals surface area (Å²) in [5.41, 5.74) is 1.55. The van der Waals surface area contributed by atoms with Crippen molar-refractivity contribution in [3.8, 4) is 11.5 Å². The average Bonchev–Trinajstić information content (AvgIpc) is 2.89. The molecule has 0 bridgehead atoms. The van der Waals surface area contributed by atoms with Crippen molar-refractivity contribution < 1.29 is 14.3 Å². The lowest BCUT2D eigenvalue weighted by molar-refractivity contribution is -0.113. The predicted octanol–water partition coefficient (Wildman–Crippen LogP) is 5.63. The van der Waals surface area contributed by atoms with Gasteiger partial charge in [-0.15, -0.1) is 0 Å². The first kappa shape index (κ1) is 19.4. The van der Waals surface area contributed by atoms with Crippen molar-refractivity contribution >= 4 is 77.8 Å². The highest BCUT2D eigenvalue weighted by atomic mass is 79.9. The molecule has 1 saturated heterocycles. The molecule has 1 amide bonds. The summed E-state index contributed by atoms with van der Waals surface area (Å²) in [7, 11) is 3.15. The molecule has 1 aliphatic heterocycles. The largest absolute Gasteiger partial charge is 0.493 e. The number of carbonyl (C=O) groups is 1. The molecule has 2 aromatic rings. The number of anilines is 1. The first-order valence-electron chi connectivity index (χ1n) is 7.39. The number of carbonyl (C=O) groups excluding carboxylic acids is 1. The molecule has 0 aliphatic carbocycles. The van der Waals surface area contributed by atoms with Crippen molar-refractivity contribution in [1.29, 1.82) is 0 Å². The molecule has 3 rings (SSSR count). The van der Waals surface area contributed by atoms with Crippen molar-refractivity contribution in [2.45, 2.75) is 0 Å². The molecule has 1 heterocycles. The minimum absolute atomic E-state index is 0.145. The van der Waals surface area contributed by atoms with Crippen LogP contribution in [0.4, 0.5) is 5.69 Å². The number of methoxy groups -OCH3 is 2. The molecular formula is C18H13Br2NO3S2. The second kappa shape index (κ2) is 8.12. The zero-order valence-corrected chi connectivity index (χ0v) is 18.6. The number of thioether (sulfide) groups is 1. The molecule has 0 atom stereocenters. The Morgan fingerprint density at radius 1 is 1.12 bits per heavy atom. The van der Waals surface area contributed by atoms with Crippen LogP contribution in [0, 0.1) is 0 Å². The standard InChI is InChI=1S/C18H13Br2NO3S2/c1-23-14-8-10(7-13(20)16(14)24-2)9-15-17(22)21(18(25)26-15)12-5-3-11(19)4-6-12/h3-9H,1-2H3/b15-9+. The van der Waals surface area contributed by atoms with Gasteiger partial charge in [0.1, 0.15) is 0 Å². The lowest BCUT2D eigenvalue weighted by atomic mass is 10.2.